The summed E-state index contributed by atoms with van der Waals surface area (Å²) >= 11 is 1.36. The van der Waals surface area contributed by atoms with Crippen molar-refractivity contribution < 1.29 is 19.1 Å². The third kappa shape index (κ3) is 4.09. The number of hydrogen-bond acceptors (Lipinski definition) is 6. The zero-order valence-corrected chi connectivity index (χ0v) is 16.9. The lowest BCUT2D eigenvalue weighted by Crippen LogP contribution is -2.20. The van der Waals surface area contributed by atoms with E-state index in [1.54, 1.807) is 18.2 Å². The first kappa shape index (κ1) is 19.0. The molecule has 0 bridgehead atoms. The number of fused-ring (bicyclic) bond motifs is 3. The van der Waals surface area contributed by atoms with Crippen LogP contribution in [0.2, 0.25) is 0 Å². The number of carbonyl (C=O) groups is 2. The molecule has 29 heavy (non-hydrogen) atoms. The Kier molecular flexibility index (Phi) is 5.22. The van der Waals surface area contributed by atoms with Crippen LogP contribution in [-0.2, 0) is 16.1 Å². The Bertz CT molecular complexity index is 1060. The van der Waals surface area contributed by atoms with Crippen molar-refractivity contribution in [3.63, 3.8) is 0 Å². The van der Waals surface area contributed by atoms with Crippen molar-refractivity contribution >= 4 is 34.6 Å². The molecule has 0 aliphatic carbocycles. The van der Waals surface area contributed by atoms with Gasteiger partial charge in [0.15, 0.2) is 6.61 Å². The van der Waals surface area contributed by atoms with Crippen molar-refractivity contribution in [3.8, 4) is 16.2 Å². The van der Waals surface area contributed by atoms with Gasteiger partial charge < -0.3 is 19.7 Å². The van der Waals surface area contributed by atoms with Crippen LogP contribution in [0.25, 0.3) is 10.4 Å². The molecule has 0 saturated heterocycles. The molecule has 1 aromatic heterocycles. The number of benzene rings is 2. The van der Waals surface area contributed by atoms with E-state index < -0.39 is 5.97 Å². The van der Waals surface area contributed by atoms with E-state index in [1.165, 1.54) is 11.3 Å². The first-order valence-corrected chi connectivity index (χ1v) is 9.92. The lowest BCUT2D eigenvalue weighted by Gasteiger charge is -2.16. The van der Waals surface area contributed by atoms with Gasteiger partial charge in [0, 0.05) is 41.5 Å². The SMILES string of the molecule is CN(C)c1ccc(NC(=O)COC(=O)c2cc3c(s2)-c2ccccc2OC3)cc1. The van der Waals surface area contributed by atoms with E-state index in [0.717, 1.165) is 27.4 Å². The molecule has 7 heteroatoms. The van der Waals surface area contributed by atoms with Gasteiger partial charge in [-0.15, -0.1) is 11.3 Å². The minimum absolute atomic E-state index is 0.343. The zero-order chi connectivity index (χ0) is 20.4. The van der Waals surface area contributed by atoms with Crippen LogP contribution >= 0.6 is 11.3 Å². The van der Waals surface area contributed by atoms with Gasteiger partial charge in [-0.25, -0.2) is 4.79 Å². The summed E-state index contributed by atoms with van der Waals surface area (Å²) in [5.74, 6) is -0.0904. The zero-order valence-electron chi connectivity index (χ0n) is 16.1. The molecule has 1 aliphatic rings. The van der Waals surface area contributed by atoms with Crippen molar-refractivity contribution in [1.29, 1.82) is 0 Å². The highest BCUT2D eigenvalue weighted by molar-refractivity contribution is 7.17. The second-order valence-corrected chi connectivity index (χ2v) is 7.87. The van der Waals surface area contributed by atoms with E-state index in [-0.39, 0.29) is 12.5 Å². The fourth-order valence-corrected chi connectivity index (χ4v) is 4.13. The van der Waals surface area contributed by atoms with Crippen LogP contribution in [-0.4, -0.2) is 32.6 Å². The minimum atomic E-state index is -0.514. The molecule has 1 amide bonds. The number of anilines is 2. The average molecular weight is 408 g/mol. The molecule has 0 atom stereocenters. The van der Waals surface area contributed by atoms with E-state index in [9.17, 15) is 9.59 Å². The van der Waals surface area contributed by atoms with Crippen LogP contribution in [0, 0.1) is 0 Å². The van der Waals surface area contributed by atoms with E-state index in [0.29, 0.717) is 17.2 Å². The molecule has 1 N–H and O–H groups in total. The summed E-state index contributed by atoms with van der Waals surface area (Å²) in [5.41, 5.74) is 3.60. The molecule has 0 radical (unpaired) electrons. The predicted octanol–water partition coefficient (Wildman–Crippen LogP) is 4.17. The molecule has 0 fully saturated rings. The molecule has 2 aromatic carbocycles. The van der Waals surface area contributed by atoms with Crippen molar-refractivity contribution in [2.75, 3.05) is 30.9 Å². The Morgan fingerprint density at radius 2 is 1.90 bits per heavy atom. The van der Waals surface area contributed by atoms with Gasteiger partial charge in [-0.2, -0.15) is 0 Å². The van der Waals surface area contributed by atoms with Gasteiger partial charge in [0.25, 0.3) is 5.91 Å². The topological polar surface area (TPSA) is 67.9 Å². The van der Waals surface area contributed by atoms with Crippen LogP contribution in [0.15, 0.2) is 54.6 Å². The summed E-state index contributed by atoms with van der Waals surface area (Å²) in [4.78, 5) is 28.0. The van der Waals surface area contributed by atoms with E-state index in [1.807, 2.05) is 55.4 Å². The maximum atomic E-state index is 12.4. The molecule has 4 rings (SSSR count). The number of esters is 1. The highest BCUT2D eigenvalue weighted by Gasteiger charge is 2.23. The van der Waals surface area contributed by atoms with Crippen LogP contribution in [0.1, 0.15) is 15.2 Å². The van der Waals surface area contributed by atoms with Gasteiger partial charge in [0.2, 0.25) is 0 Å². The molecule has 0 unspecified atom stereocenters. The van der Waals surface area contributed by atoms with Crippen LogP contribution in [0.3, 0.4) is 0 Å². The van der Waals surface area contributed by atoms with E-state index in [4.69, 9.17) is 9.47 Å². The fourth-order valence-electron chi connectivity index (χ4n) is 3.04. The first-order valence-electron chi connectivity index (χ1n) is 9.10. The monoisotopic (exact) mass is 408 g/mol. The first-order chi connectivity index (χ1) is 14.0. The van der Waals surface area contributed by atoms with Crippen molar-refractivity contribution in [2.24, 2.45) is 0 Å². The summed E-state index contributed by atoms with van der Waals surface area (Å²) in [6, 6.07) is 16.9. The normalized spacial score (nSPS) is 11.7. The second kappa shape index (κ2) is 7.97. The second-order valence-electron chi connectivity index (χ2n) is 6.82. The number of rotatable bonds is 5. The molecule has 1 aliphatic heterocycles. The number of thiophene rings is 1. The smallest absolute Gasteiger partial charge is 0.348 e. The maximum absolute atomic E-state index is 12.4. The lowest BCUT2D eigenvalue weighted by molar-refractivity contribution is -0.119. The molecule has 6 nitrogen and oxygen atoms in total. The van der Waals surface area contributed by atoms with Crippen molar-refractivity contribution in [3.05, 3.63) is 65.0 Å². The number of ether oxygens (including phenoxy) is 2. The van der Waals surface area contributed by atoms with Crippen molar-refractivity contribution in [2.45, 2.75) is 6.61 Å². The van der Waals surface area contributed by atoms with Crippen LogP contribution in [0.5, 0.6) is 5.75 Å². The highest BCUT2D eigenvalue weighted by Crippen LogP contribution is 2.42. The molecular weight excluding hydrogens is 388 g/mol. The Labute approximate surface area is 172 Å². The average Bonchev–Trinajstić information content (AvgIpc) is 3.17. The number of para-hydroxylation sites is 1. The Balaban J connectivity index is 1.37. The summed E-state index contributed by atoms with van der Waals surface area (Å²) in [7, 11) is 3.89. The van der Waals surface area contributed by atoms with Crippen LogP contribution < -0.4 is 15.0 Å². The summed E-state index contributed by atoms with van der Waals surface area (Å²) in [5, 5.41) is 2.73. The minimum Gasteiger partial charge on any atom is -0.488 e. The van der Waals surface area contributed by atoms with E-state index >= 15 is 0 Å². The highest BCUT2D eigenvalue weighted by atomic mass is 32.1. The summed E-state index contributed by atoms with van der Waals surface area (Å²) in [6.45, 7) is 0.0729. The summed E-state index contributed by atoms with van der Waals surface area (Å²) < 4.78 is 10.9. The summed E-state index contributed by atoms with van der Waals surface area (Å²) in [6.07, 6.45) is 0. The Morgan fingerprint density at radius 1 is 1.14 bits per heavy atom. The van der Waals surface area contributed by atoms with Crippen LogP contribution in [0.4, 0.5) is 11.4 Å². The number of amides is 1. The number of hydrogen-bond donors (Lipinski definition) is 1. The van der Waals surface area contributed by atoms with Gasteiger partial charge >= 0.3 is 5.97 Å². The number of carbonyl (C=O) groups excluding carboxylic acids is 2. The fraction of sp³-hybridized carbons (Fsp3) is 0.182. The van der Waals surface area contributed by atoms with E-state index in [2.05, 4.69) is 5.32 Å². The maximum Gasteiger partial charge on any atom is 0.348 e. The Hall–Kier alpha value is -3.32. The largest absolute Gasteiger partial charge is 0.488 e. The number of nitrogens with one attached hydrogen (secondary N) is 1. The van der Waals surface area contributed by atoms with Gasteiger partial charge in [0.05, 0.1) is 0 Å². The molecule has 148 valence electrons. The standard InChI is InChI=1S/C22H20N2O4S/c1-24(2)16-9-7-15(8-10-16)23-20(25)13-28-22(26)19-11-14-12-27-18-6-4-3-5-17(18)21(14)29-19/h3-11H,12-13H2,1-2H3,(H,23,25). The van der Waals surface area contributed by atoms with Gasteiger partial charge in [-0.3, -0.25) is 4.79 Å². The predicted molar refractivity (Wildman–Crippen MR) is 114 cm³/mol. The molecule has 3 aromatic rings. The number of nitrogens with zero attached hydrogens (tertiary/aromatic N) is 1. The molecule has 2 heterocycles. The van der Waals surface area contributed by atoms with Gasteiger partial charge in [-0.1, -0.05) is 12.1 Å². The van der Waals surface area contributed by atoms with Gasteiger partial charge in [-0.05, 0) is 42.5 Å². The third-order valence-electron chi connectivity index (χ3n) is 4.53. The Morgan fingerprint density at radius 3 is 2.66 bits per heavy atom. The lowest BCUT2D eigenvalue weighted by atomic mass is 10.1. The van der Waals surface area contributed by atoms with Gasteiger partial charge in [0.1, 0.15) is 17.2 Å². The quantitative estimate of drug-likeness (QED) is 0.642. The molecular formula is C22H20N2O4S. The third-order valence-corrected chi connectivity index (χ3v) is 5.72. The molecule has 0 saturated carbocycles. The van der Waals surface area contributed by atoms with Crippen molar-refractivity contribution in [1.82, 2.24) is 0 Å². The molecule has 0 spiro atoms.